The number of piperidine rings is 1. The van der Waals surface area contributed by atoms with Crippen LogP contribution in [0, 0.1) is 28.6 Å². The highest BCUT2D eigenvalue weighted by Gasteiger charge is 2.55. The van der Waals surface area contributed by atoms with Gasteiger partial charge < -0.3 is 10.6 Å². The zero-order valence-electron chi connectivity index (χ0n) is 19.1. The number of nitrogens with zero attached hydrogens (tertiary/aromatic N) is 1. The van der Waals surface area contributed by atoms with E-state index in [1.165, 1.54) is 18.4 Å². The zero-order chi connectivity index (χ0) is 21.0. The third kappa shape index (κ3) is 3.76. The fourth-order valence-electron chi connectivity index (χ4n) is 7.31. The lowest BCUT2D eigenvalue weighted by molar-refractivity contribution is -0.148. The summed E-state index contributed by atoms with van der Waals surface area (Å²) in [5.41, 5.74) is 8.34. The lowest BCUT2D eigenvalue weighted by atomic mass is 9.48. The number of nitrogens with two attached hydrogens (primary N) is 1. The Kier molecular flexibility index (Phi) is 5.13. The molecule has 1 aromatic carbocycles. The molecule has 5 atom stereocenters. The standard InChI is InChI=1S/C26H40N2O/c1-18-13-26(20-9-7-6-8-10-20)15-19(14-24(2,3)16-26)22(18)23(29)28-12-11-21(27)25(4,5)17-28/h6-10,18-19,21-22H,11-17,27H2,1-5H3. The van der Waals surface area contributed by atoms with Crippen LogP contribution in [0.5, 0.6) is 0 Å². The molecule has 1 aromatic rings. The van der Waals surface area contributed by atoms with E-state index in [1.807, 2.05) is 0 Å². The molecule has 3 fully saturated rings. The van der Waals surface area contributed by atoms with Gasteiger partial charge in [-0.1, -0.05) is 65.0 Å². The number of rotatable bonds is 2. The van der Waals surface area contributed by atoms with Crippen LogP contribution in [0.15, 0.2) is 30.3 Å². The quantitative estimate of drug-likeness (QED) is 0.765. The number of benzene rings is 1. The SMILES string of the molecule is CC1CC2(c3ccccc3)CC(CC(C)(C)C2)C1C(=O)N1CCC(N)C(C)(C)C1. The number of fused-ring (bicyclic) bond motifs is 2. The number of amides is 1. The minimum Gasteiger partial charge on any atom is -0.342 e. The molecule has 2 saturated carbocycles. The molecule has 29 heavy (non-hydrogen) atoms. The van der Waals surface area contributed by atoms with Gasteiger partial charge in [0, 0.05) is 25.0 Å². The Bertz CT molecular complexity index is 751. The molecule has 0 spiro atoms. The first-order valence-electron chi connectivity index (χ1n) is 11.6. The lowest BCUT2D eigenvalue weighted by Crippen LogP contribution is -2.58. The van der Waals surface area contributed by atoms with Gasteiger partial charge in [0.15, 0.2) is 0 Å². The molecule has 0 radical (unpaired) electrons. The molecular weight excluding hydrogens is 356 g/mol. The van der Waals surface area contributed by atoms with E-state index >= 15 is 0 Å². The minimum atomic E-state index is 0.00540. The van der Waals surface area contributed by atoms with Crippen molar-refractivity contribution in [3.8, 4) is 0 Å². The molecule has 3 heteroatoms. The first-order valence-corrected chi connectivity index (χ1v) is 11.6. The topological polar surface area (TPSA) is 46.3 Å². The van der Waals surface area contributed by atoms with Gasteiger partial charge in [-0.3, -0.25) is 4.79 Å². The Morgan fingerprint density at radius 3 is 2.41 bits per heavy atom. The summed E-state index contributed by atoms with van der Waals surface area (Å²) in [7, 11) is 0. The van der Waals surface area contributed by atoms with Gasteiger partial charge in [0.25, 0.3) is 0 Å². The van der Waals surface area contributed by atoms with Gasteiger partial charge in [-0.05, 0) is 65.7 Å². The van der Waals surface area contributed by atoms with Gasteiger partial charge in [-0.25, -0.2) is 0 Å². The van der Waals surface area contributed by atoms with Crippen molar-refractivity contribution in [1.29, 1.82) is 0 Å². The van der Waals surface area contributed by atoms with Crippen LogP contribution < -0.4 is 5.73 Å². The van der Waals surface area contributed by atoms with E-state index in [0.717, 1.165) is 32.4 Å². The normalized spacial score (nSPS) is 38.5. The lowest BCUT2D eigenvalue weighted by Gasteiger charge is -2.57. The monoisotopic (exact) mass is 396 g/mol. The van der Waals surface area contributed by atoms with Gasteiger partial charge >= 0.3 is 0 Å². The molecule has 1 saturated heterocycles. The minimum absolute atomic E-state index is 0.00540. The molecule has 1 aliphatic heterocycles. The van der Waals surface area contributed by atoms with Crippen LogP contribution >= 0.6 is 0 Å². The summed E-state index contributed by atoms with van der Waals surface area (Å²) in [6.45, 7) is 13.2. The first-order chi connectivity index (χ1) is 13.5. The van der Waals surface area contributed by atoms with Gasteiger partial charge in [0.2, 0.25) is 5.91 Å². The predicted molar refractivity (Wildman–Crippen MR) is 119 cm³/mol. The highest BCUT2D eigenvalue weighted by molar-refractivity contribution is 5.80. The predicted octanol–water partition coefficient (Wildman–Crippen LogP) is 4.99. The average molecular weight is 397 g/mol. The average Bonchev–Trinajstić information content (AvgIpc) is 2.62. The molecule has 3 nitrogen and oxygen atoms in total. The van der Waals surface area contributed by atoms with Crippen LogP contribution in [0.1, 0.15) is 72.3 Å². The zero-order valence-corrected chi connectivity index (χ0v) is 19.1. The van der Waals surface area contributed by atoms with Crippen molar-refractivity contribution in [2.24, 2.45) is 34.3 Å². The van der Waals surface area contributed by atoms with Crippen LogP contribution in [0.3, 0.4) is 0 Å². The van der Waals surface area contributed by atoms with Crippen molar-refractivity contribution >= 4 is 5.91 Å². The second-order valence-corrected chi connectivity index (χ2v) is 12.0. The van der Waals surface area contributed by atoms with Crippen molar-refractivity contribution < 1.29 is 4.79 Å². The Hall–Kier alpha value is -1.35. The number of likely N-dealkylation sites (tertiary alicyclic amines) is 1. The largest absolute Gasteiger partial charge is 0.342 e. The molecule has 2 N–H and O–H groups in total. The fourth-order valence-corrected chi connectivity index (χ4v) is 7.31. The highest BCUT2D eigenvalue weighted by Crippen LogP contribution is 2.60. The maximum absolute atomic E-state index is 13.8. The van der Waals surface area contributed by atoms with Crippen LogP contribution in [-0.4, -0.2) is 29.9 Å². The summed E-state index contributed by atoms with van der Waals surface area (Å²) >= 11 is 0. The van der Waals surface area contributed by atoms with E-state index in [9.17, 15) is 4.79 Å². The molecule has 2 aliphatic carbocycles. The maximum Gasteiger partial charge on any atom is 0.226 e. The molecule has 1 amide bonds. The van der Waals surface area contributed by atoms with Crippen LogP contribution in [0.2, 0.25) is 0 Å². The molecule has 3 aliphatic rings. The molecule has 160 valence electrons. The number of carbonyl (C=O) groups is 1. The van der Waals surface area contributed by atoms with Crippen molar-refractivity contribution in [2.75, 3.05) is 13.1 Å². The van der Waals surface area contributed by atoms with Gasteiger partial charge in [0.05, 0.1) is 0 Å². The third-order valence-electron chi connectivity index (χ3n) is 8.41. The maximum atomic E-state index is 13.8. The van der Waals surface area contributed by atoms with E-state index < -0.39 is 0 Å². The Balaban J connectivity index is 1.62. The Morgan fingerprint density at radius 1 is 1.07 bits per heavy atom. The highest BCUT2D eigenvalue weighted by atomic mass is 16.2. The molecule has 4 rings (SSSR count). The summed E-state index contributed by atoms with van der Waals surface area (Å²) in [5.74, 6) is 1.48. The van der Waals surface area contributed by atoms with Crippen molar-refractivity contribution in [3.63, 3.8) is 0 Å². The summed E-state index contributed by atoms with van der Waals surface area (Å²) < 4.78 is 0. The van der Waals surface area contributed by atoms with Crippen molar-refractivity contribution in [3.05, 3.63) is 35.9 Å². The molecule has 2 bridgehead atoms. The number of hydrogen-bond donors (Lipinski definition) is 1. The molecule has 0 aromatic heterocycles. The summed E-state index contributed by atoms with van der Waals surface area (Å²) in [5, 5.41) is 0. The Labute approximate surface area is 177 Å². The summed E-state index contributed by atoms with van der Waals surface area (Å²) in [6, 6.07) is 11.3. The van der Waals surface area contributed by atoms with E-state index in [1.54, 1.807) is 0 Å². The third-order valence-corrected chi connectivity index (χ3v) is 8.41. The van der Waals surface area contributed by atoms with Crippen LogP contribution in [-0.2, 0) is 10.2 Å². The summed E-state index contributed by atoms with van der Waals surface area (Å²) in [6.07, 6.45) is 5.61. The van der Waals surface area contributed by atoms with E-state index in [2.05, 4.69) is 69.9 Å². The van der Waals surface area contributed by atoms with Crippen LogP contribution in [0.25, 0.3) is 0 Å². The van der Waals surface area contributed by atoms with E-state index in [0.29, 0.717) is 17.7 Å². The van der Waals surface area contributed by atoms with Crippen molar-refractivity contribution in [1.82, 2.24) is 4.90 Å². The van der Waals surface area contributed by atoms with Crippen LogP contribution in [0.4, 0.5) is 0 Å². The molecule has 1 heterocycles. The van der Waals surface area contributed by atoms with E-state index in [4.69, 9.17) is 5.73 Å². The second-order valence-electron chi connectivity index (χ2n) is 12.0. The number of hydrogen-bond acceptors (Lipinski definition) is 2. The van der Waals surface area contributed by atoms with Gasteiger partial charge in [-0.2, -0.15) is 0 Å². The number of carbonyl (C=O) groups excluding carboxylic acids is 1. The Morgan fingerprint density at radius 2 is 1.76 bits per heavy atom. The van der Waals surface area contributed by atoms with Crippen molar-refractivity contribution in [2.45, 2.75) is 78.2 Å². The fraction of sp³-hybridized carbons (Fsp3) is 0.731. The summed E-state index contributed by atoms with van der Waals surface area (Å²) in [4.78, 5) is 15.9. The molecular formula is C26H40N2O. The van der Waals surface area contributed by atoms with Gasteiger partial charge in [-0.15, -0.1) is 0 Å². The first kappa shape index (κ1) is 20.9. The van der Waals surface area contributed by atoms with Gasteiger partial charge in [0.1, 0.15) is 0 Å². The molecule has 5 unspecified atom stereocenters. The second kappa shape index (κ2) is 7.11. The van der Waals surface area contributed by atoms with E-state index in [-0.39, 0.29) is 28.2 Å². The smallest absolute Gasteiger partial charge is 0.226 e.